The lowest BCUT2D eigenvalue weighted by Crippen LogP contribution is -2.55. The highest BCUT2D eigenvalue weighted by Crippen LogP contribution is 2.19. The van der Waals surface area contributed by atoms with Crippen LogP contribution in [0.5, 0.6) is 0 Å². The summed E-state index contributed by atoms with van der Waals surface area (Å²) in [4.78, 5) is 17.0. The van der Waals surface area contributed by atoms with Crippen LogP contribution in [0.4, 0.5) is 5.69 Å². The molecule has 0 bridgehead atoms. The number of piperazine rings is 1. The van der Waals surface area contributed by atoms with Crippen LogP contribution in [0.15, 0.2) is 24.3 Å². The van der Waals surface area contributed by atoms with Gasteiger partial charge in [0.05, 0.1) is 6.10 Å². The summed E-state index contributed by atoms with van der Waals surface area (Å²) >= 11 is -2.36. The van der Waals surface area contributed by atoms with E-state index in [1.54, 1.807) is 24.3 Å². The number of carbonyl (C=O) groups is 1. The smallest absolute Gasteiger partial charge is 0.254 e. The van der Waals surface area contributed by atoms with Crippen molar-refractivity contribution in [1.82, 2.24) is 9.80 Å². The van der Waals surface area contributed by atoms with E-state index < -0.39 is 11.3 Å². The van der Waals surface area contributed by atoms with Gasteiger partial charge in [-0.1, -0.05) is 0 Å². The average molecular weight is 366 g/mol. The van der Waals surface area contributed by atoms with Gasteiger partial charge in [0.15, 0.2) is 0 Å². The Morgan fingerprint density at radius 3 is 2.72 bits per heavy atom. The van der Waals surface area contributed by atoms with Crippen LogP contribution < -0.4 is 4.72 Å². The van der Waals surface area contributed by atoms with Crippen LogP contribution >= 0.6 is 0 Å². The summed E-state index contributed by atoms with van der Waals surface area (Å²) < 4.78 is 29.2. The number of ether oxygens (including phenoxy) is 1. The number of hydrogen-bond donors (Lipinski definition) is 1. The first-order valence-corrected chi connectivity index (χ1v) is 9.71. The monoisotopic (exact) mass is 366 g/mol. The molecule has 1 amide bonds. The van der Waals surface area contributed by atoms with Gasteiger partial charge >= 0.3 is 0 Å². The van der Waals surface area contributed by atoms with Crippen molar-refractivity contribution in [2.75, 3.05) is 37.5 Å². The first-order valence-electron chi connectivity index (χ1n) is 8.64. The van der Waals surface area contributed by atoms with Crippen LogP contribution in [0.3, 0.4) is 0 Å². The van der Waals surface area contributed by atoms with Crippen molar-refractivity contribution in [3.8, 4) is 0 Å². The summed E-state index contributed by atoms with van der Waals surface area (Å²) in [5, 5.41) is 0. The van der Waals surface area contributed by atoms with Crippen molar-refractivity contribution >= 4 is 22.9 Å². The van der Waals surface area contributed by atoms with Crippen molar-refractivity contribution in [1.29, 1.82) is 0 Å². The summed E-state index contributed by atoms with van der Waals surface area (Å²) in [5.74, 6) is -0.0148. The molecule has 2 aliphatic heterocycles. The van der Waals surface area contributed by atoms with Gasteiger partial charge in [-0.2, -0.15) is 0 Å². The summed E-state index contributed by atoms with van der Waals surface area (Å²) in [7, 11) is 0. The highest BCUT2D eigenvalue weighted by molar-refractivity contribution is 7.80. The Balaban J connectivity index is 1.56. The molecule has 1 aromatic carbocycles. The van der Waals surface area contributed by atoms with E-state index in [0.29, 0.717) is 23.9 Å². The second-order valence-electron chi connectivity index (χ2n) is 6.66. The molecule has 3 rings (SSSR count). The fraction of sp³-hybridized carbons (Fsp3) is 0.588. The third-order valence-corrected chi connectivity index (χ3v) is 5.19. The van der Waals surface area contributed by atoms with Gasteiger partial charge in [0, 0.05) is 61.3 Å². The van der Waals surface area contributed by atoms with E-state index >= 15 is 0 Å². The molecule has 0 aliphatic carbocycles. The first-order chi connectivity index (χ1) is 12.0. The Morgan fingerprint density at radius 2 is 2.12 bits per heavy atom. The molecule has 138 valence electrons. The number of carbonyl (C=O) groups excluding carboxylic acids is 1. The first kappa shape index (κ1) is 18.3. The van der Waals surface area contributed by atoms with Crippen molar-refractivity contribution in [2.45, 2.75) is 31.9 Å². The molecule has 2 aliphatic rings. The van der Waals surface area contributed by atoms with Gasteiger partial charge in [-0.15, -0.1) is 0 Å². The van der Waals surface area contributed by atoms with Crippen LogP contribution in [-0.2, 0) is 16.0 Å². The van der Waals surface area contributed by atoms with Crippen LogP contribution in [0.2, 0.25) is 0 Å². The van der Waals surface area contributed by atoms with Gasteiger partial charge in [-0.3, -0.25) is 13.9 Å². The molecule has 0 radical (unpaired) electrons. The van der Waals surface area contributed by atoms with Crippen LogP contribution in [-0.4, -0.2) is 69.4 Å². The van der Waals surface area contributed by atoms with E-state index in [4.69, 9.17) is 4.74 Å². The average Bonchev–Trinajstić information content (AvgIpc) is 3.07. The van der Waals surface area contributed by atoms with E-state index in [-0.39, 0.29) is 11.9 Å². The molecule has 2 saturated heterocycles. The number of benzene rings is 1. The summed E-state index contributed by atoms with van der Waals surface area (Å²) in [6, 6.07) is 6.64. The van der Waals surface area contributed by atoms with Crippen molar-refractivity contribution in [3.05, 3.63) is 29.8 Å². The third-order valence-electron chi connectivity index (χ3n) is 4.79. The number of rotatable bonds is 5. The minimum atomic E-state index is -2.36. The zero-order chi connectivity index (χ0) is 17.8. The van der Waals surface area contributed by atoms with Crippen molar-refractivity contribution in [2.24, 2.45) is 0 Å². The molecule has 7 nitrogen and oxygen atoms in total. The topological polar surface area (TPSA) is 84.9 Å². The molecule has 25 heavy (non-hydrogen) atoms. The van der Waals surface area contributed by atoms with Gasteiger partial charge < -0.3 is 18.9 Å². The largest absolute Gasteiger partial charge is 0.755 e. The number of nitrogens with one attached hydrogen (secondary N) is 1. The van der Waals surface area contributed by atoms with Crippen LogP contribution in [0.1, 0.15) is 30.1 Å². The second-order valence-corrected chi connectivity index (χ2v) is 7.33. The Morgan fingerprint density at radius 1 is 1.36 bits per heavy atom. The van der Waals surface area contributed by atoms with Crippen molar-refractivity contribution in [3.63, 3.8) is 0 Å². The lowest BCUT2D eigenvalue weighted by molar-refractivity contribution is 0.0279. The van der Waals surface area contributed by atoms with Gasteiger partial charge in [0.1, 0.15) is 0 Å². The Hall–Kier alpha value is -1.48. The predicted molar refractivity (Wildman–Crippen MR) is 94.9 cm³/mol. The number of anilines is 1. The normalized spacial score (nSPS) is 25.8. The molecule has 0 saturated carbocycles. The predicted octanol–water partition coefficient (Wildman–Crippen LogP) is 1.22. The fourth-order valence-electron chi connectivity index (χ4n) is 3.52. The standard InChI is InChI=1S/C17H25N3O4S/c1-13-11-19(12-16-3-2-10-24-16)8-9-20(13)17(21)14-4-6-15(7-5-14)18-25(22)23/h4-7,13,16,18H,2-3,8-12H2,1H3,(H,22,23)/p-1. The Kier molecular flexibility index (Phi) is 6.06. The van der Waals surface area contributed by atoms with E-state index in [0.717, 1.165) is 39.1 Å². The van der Waals surface area contributed by atoms with Crippen LogP contribution in [0, 0.1) is 0 Å². The molecule has 3 unspecified atom stereocenters. The van der Waals surface area contributed by atoms with Crippen molar-refractivity contribution < 1.29 is 18.3 Å². The molecule has 1 aromatic rings. The summed E-state index contributed by atoms with van der Waals surface area (Å²) in [5.41, 5.74) is 1.01. The van der Waals surface area contributed by atoms with E-state index in [9.17, 15) is 13.6 Å². The third kappa shape index (κ3) is 4.78. The zero-order valence-electron chi connectivity index (χ0n) is 14.3. The van der Waals surface area contributed by atoms with E-state index in [1.807, 2.05) is 4.90 Å². The molecule has 0 aromatic heterocycles. The second kappa shape index (κ2) is 8.27. The number of amides is 1. The maximum absolute atomic E-state index is 12.7. The molecule has 3 atom stereocenters. The van der Waals surface area contributed by atoms with Crippen LogP contribution in [0.25, 0.3) is 0 Å². The molecular weight excluding hydrogens is 342 g/mol. The SMILES string of the molecule is CC1CN(CC2CCCO2)CCN1C(=O)c1ccc(NS(=O)[O-])cc1. The highest BCUT2D eigenvalue weighted by Gasteiger charge is 2.29. The maximum atomic E-state index is 12.7. The minimum absolute atomic E-state index is 0.0148. The van der Waals surface area contributed by atoms with Gasteiger partial charge in [-0.25, -0.2) is 0 Å². The molecular formula is C17H24N3O4S-. The van der Waals surface area contributed by atoms with E-state index in [2.05, 4.69) is 16.5 Å². The lowest BCUT2D eigenvalue weighted by Gasteiger charge is -2.40. The Bertz CT molecular complexity index is 619. The summed E-state index contributed by atoms with van der Waals surface area (Å²) in [6.45, 7) is 6.26. The molecule has 0 spiro atoms. The Labute approximate surface area is 150 Å². The highest BCUT2D eigenvalue weighted by atomic mass is 32.2. The lowest BCUT2D eigenvalue weighted by atomic mass is 10.1. The molecule has 1 N–H and O–H groups in total. The zero-order valence-corrected chi connectivity index (χ0v) is 15.2. The molecule has 8 heteroatoms. The van der Waals surface area contributed by atoms with Gasteiger partial charge in [0.25, 0.3) is 5.91 Å². The fourth-order valence-corrected chi connectivity index (χ4v) is 3.85. The van der Waals surface area contributed by atoms with Gasteiger partial charge in [-0.05, 0) is 44.0 Å². The number of nitrogens with zero attached hydrogens (tertiary/aromatic N) is 2. The van der Waals surface area contributed by atoms with E-state index in [1.165, 1.54) is 0 Å². The van der Waals surface area contributed by atoms with Gasteiger partial charge in [0.2, 0.25) is 0 Å². The molecule has 2 fully saturated rings. The summed E-state index contributed by atoms with van der Waals surface area (Å²) in [6.07, 6.45) is 2.60. The number of hydrogen-bond acceptors (Lipinski definition) is 5. The molecule has 2 heterocycles. The minimum Gasteiger partial charge on any atom is -0.755 e. The quantitative estimate of drug-likeness (QED) is 0.792. The maximum Gasteiger partial charge on any atom is 0.254 e.